The predicted octanol–water partition coefficient (Wildman–Crippen LogP) is 4.07. The van der Waals surface area contributed by atoms with Gasteiger partial charge in [-0.2, -0.15) is 10.2 Å². The molecule has 2 aliphatic heterocycles. The largest absolute Gasteiger partial charge is 0.337 e. The normalized spacial score (nSPS) is 16.2. The van der Waals surface area contributed by atoms with Crippen molar-refractivity contribution in [3.05, 3.63) is 132 Å². The molecular weight excluding hydrogens is 841 g/mol. The zero-order valence-electron chi connectivity index (χ0n) is 33.7. The van der Waals surface area contributed by atoms with Crippen molar-refractivity contribution in [2.75, 3.05) is 23.9 Å². The van der Waals surface area contributed by atoms with E-state index in [4.69, 9.17) is 0 Å². The fourth-order valence-electron chi connectivity index (χ4n) is 7.59. The van der Waals surface area contributed by atoms with Crippen LogP contribution < -0.4 is 20.4 Å². The summed E-state index contributed by atoms with van der Waals surface area (Å²) in [7, 11) is 3.22. The van der Waals surface area contributed by atoms with Crippen molar-refractivity contribution < 1.29 is 36.7 Å². The van der Waals surface area contributed by atoms with E-state index in [9.17, 15) is 36.7 Å². The van der Waals surface area contributed by atoms with E-state index >= 15 is 0 Å². The Labute approximate surface area is 358 Å². The van der Waals surface area contributed by atoms with Crippen molar-refractivity contribution in [3.63, 3.8) is 0 Å². The van der Waals surface area contributed by atoms with E-state index in [-0.39, 0.29) is 57.3 Å². The van der Waals surface area contributed by atoms with E-state index < -0.39 is 47.2 Å². The molecule has 0 fully saturated rings. The monoisotopic (exact) mass is 874 g/mol. The van der Waals surface area contributed by atoms with E-state index in [1.807, 2.05) is 0 Å². The molecule has 18 nitrogen and oxygen atoms in total. The molecule has 22 heteroatoms. The number of halogens is 4. The fraction of sp³-hybridized carbons (Fsp3) is 0.190. The standard InChI is InChI=1S/2C21H17F2N7O2/c2*1-28-17-8-10-24-29(17)11-9-14(21(28)32)25-20(31)19-26-16-7-3-6-15(30(16)27-19)18-12(22)4-2-5-13(18)23/h2*2-8,10,14H,9,11H2,1H3,(H,25,31)/t2*14-/m00/s1. The molecule has 0 unspecified atom stereocenters. The van der Waals surface area contributed by atoms with Gasteiger partial charge in [-0.25, -0.2) is 45.9 Å². The minimum absolute atomic E-state index is 0.111. The summed E-state index contributed by atoms with van der Waals surface area (Å²) in [5.41, 5.74) is 0.148. The highest BCUT2D eigenvalue weighted by atomic mass is 19.1. The summed E-state index contributed by atoms with van der Waals surface area (Å²) in [6.45, 7) is 0.886. The number of fused-ring (bicyclic) bond motifs is 4. The molecule has 0 spiro atoms. The van der Waals surface area contributed by atoms with Gasteiger partial charge in [-0.15, -0.1) is 10.2 Å². The number of amides is 4. The number of aromatic nitrogens is 10. The number of benzene rings is 2. The fourth-order valence-corrected chi connectivity index (χ4v) is 7.59. The lowest BCUT2D eigenvalue weighted by molar-refractivity contribution is -0.120. The summed E-state index contributed by atoms with van der Waals surface area (Å²) in [4.78, 5) is 62.5. The molecule has 4 amide bonds. The van der Waals surface area contributed by atoms with Gasteiger partial charge in [0.25, 0.3) is 23.6 Å². The molecule has 8 heterocycles. The number of rotatable bonds is 6. The van der Waals surface area contributed by atoms with Gasteiger partial charge in [0.1, 0.15) is 47.0 Å². The van der Waals surface area contributed by atoms with Gasteiger partial charge in [-0.1, -0.05) is 24.3 Å². The number of hydrogen-bond acceptors (Lipinski definition) is 10. The number of likely N-dealkylation sites (N-methyl/N-ethyl adjacent to an activating group) is 2. The molecule has 324 valence electrons. The molecule has 0 radical (unpaired) electrons. The second-order valence-corrected chi connectivity index (χ2v) is 14.7. The smallest absolute Gasteiger partial charge is 0.291 e. The first-order valence-corrected chi connectivity index (χ1v) is 19.7. The number of carbonyl (C=O) groups excluding carboxylic acids is 4. The van der Waals surface area contributed by atoms with E-state index in [0.717, 1.165) is 24.3 Å². The lowest BCUT2D eigenvalue weighted by Crippen LogP contribution is -2.47. The first kappa shape index (κ1) is 41.1. The van der Waals surface area contributed by atoms with Gasteiger partial charge in [-0.3, -0.25) is 29.0 Å². The molecule has 2 aromatic carbocycles. The van der Waals surface area contributed by atoms with E-state index in [0.29, 0.717) is 37.6 Å². The zero-order chi connectivity index (χ0) is 44.8. The lowest BCUT2D eigenvalue weighted by Gasteiger charge is -2.19. The Hall–Kier alpha value is -8.30. The molecule has 8 aromatic rings. The third-order valence-electron chi connectivity index (χ3n) is 10.8. The van der Waals surface area contributed by atoms with Crippen LogP contribution in [-0.4, -0.2) is 98.6 Å². The molecule has 0 saturated heterocycles. The topological polar surface area (TPSA) is 195 Å². The molecule has 2 N–H and O–H groups in total. The molecule has 2 aliphatic rings. The maximum atomic E-state index is 14.3. The molecular formula is C42H34F4N14O4. The Kier molecular flexibility index (Phi) is 10.6. The van der Waals surface area contributed by atoms with Gasteiger partial charge in [0.15, 0.2) is 11.3 Å². The van der Waals surface area contributed by atoms with Gasteiger partial charge >= 0.3 is 0 Å². The second kappa shape index (κ2) is 16.5. The molecule has 0 saturated carbocycles. The van der Waals surface area contributed by atoms with Crippen molar-refractivity contribution in [1.82, 2.24) is 59.4 Å². The number of nitrogens with zero attached hydrogens (tertiary/aromatic N) is 12. The van der Waals surface area contributed by atoms with E-state index in [1.54, 1.807) is 72.3 Å². The first-order chi connectivity index (χ1) is 30.9. The van der Waals surface area contributed by atoms with Crippen LogP contribution in [0.1, 0.15) is 34.1 Å². The van der Waals surface area contributed by atoms with Crippen LogP contribution in [0.2, 0.25) is 0 Å². The third-order valence-corrected chi connectivity index (χ3v) is 10.8. The highest BCUT2D eigenvalue weighted by Crippen LogP contribution is 2.28. The lowest BCUT2D eigenvalue weighted by atomic mass is 10.1. The van der Waals surface area contributed by atoms with Crippen molar-refractivity contribution in [2.24, 2.45) is 0 Å². The minimum atomic E-state index is -0.802. The number of hydrogen-bond donors (Lipinski definition) is 2. The summed E-state index contributed by atoms with van der Waals surface area (Å²) < 4.78 is 63.0. The SMILES string of the molecule is CN1C(=O)[C@@H](NC(=O)c2nc3cccc(-c4c(F)cccc4F)n3n2)CCn2nccc21.CN1C(=O)[C@@H](NC(=O)c2nc3cccc(-c4c(F)cccc4F)n3n2)CCn2nccc21. The van der Waals surface area contributed by atoms with Gasteiger partial charge in [-0.05, 0) is 61.4 Å². The summed E-state index contributed by atoms with van der Waals surface area (Å²) in [6, 6.07) is 18.2. The quantitative estimate of drug-likeness (QED) is 0.230. The zero-order valence-corrected chi connectivity index (χ0v) is 33.7. The van der Waals surface area contributed by atoms with Crippen LogP contribution in [-0.2, 0) is 22.7 Å². The predicted molar refractivity (Wildman–Crippen MR) is 220 cm³/mol. The van der Waals surface area contributed by atoms with Gasteiger partial charge in [0.05, 0.1) is 34.9 Å². The maximum Gasteiger partial charge on any atom is 0.291 e. The van der Waals surface area contributed by atoms with E-state index in [1.165, 1.54) is 43.1 Å². The highest BCUT2D eigenvalue weighted by molar-refractivity contribution is 6.02. The van der Waals surface area contributed by atoms with Crippen LogP contribution in [0.3, 0.4) is 0 Å². The summed E-state index contributed by atoms with van der Waals surface area (Å²) in [5.74, 6) is -4.13. The minimum Gasteiger partial charge on any atom is -0.337 e. The molecule has 0 aliphatic carbocycles. The average Bonchev–Trinajstić information content (AvgIpc) is 4.11. The molecule has 10 rings (SSSR count). The Bertz CT molecular complexity index is 2890. The van der Waals surface area contributed by atoms with E-state index in [2.05, 4.69) is 41.0 Å². The first-order valence-electron chi connectivity index (χ1n) is 19.7. The van der Waals surface area contributed by atoms with Crippen LogP contribution in [0, 0.1) is 23.3 Å². The summed E-state index contributed by atoms with van der Waals surface area (Å²) in [5, 5.41) is 22.0. The Balaban J connectivity index is 0.000000162. The summed E-state index contributed by atoms with van der Waals surface area (Å²) >= 11 is 0. The number of nitrogens with one attached hydrogen (secondary N) is 2. The van der Waals surface area contributed by atoms with Crippen LogP contribution in [0.5, 0.6) is 0 Å². The van der Waals surface area contributed by atoms with Crippen molar-refractivity contribution >= 4 is 46.6 Å². The van der Waals surface area contributed by atoms with Gasteiger partial charge in [0.2, 0.25) is 11.6 Å². The molecule has 0 bridgehead atoms. The van der Waals surface area contributed by atoms with Crippen molar-refractivity contribution in [3.8, 4) is 22.5 Å². The van der Waals surface area contributed by atoms with Crippen LogP contribution in [0.15, 0.2) is 97.3 Å². The van der Waals surface area contributed by atoms with Gasteiger partial charge < -0.3 is 10.6 Å². The van der Waals surface area contributed by atoms with Crippen molar-refractivity contribution in [1.29, 1.82) is 0 Å². The number of aryl methyl sites for hydroxylation is 2. The summed E-state index contributed by atoms with van der Waals surface area (Å²) in [6.07, 6.45) is 3.88. The third kappa shape index (κ3) is 7.43. The number of pyridine rings is 2. The van der Waals surface area contributed by atoms with Crippen LogP contribution >= 0.6 is 0 Å². The second-order valence-electron chi connectivity index (χ2n) is 14.7. The Morgan fingerprint density at radius 1 is 0.562 bits per heavy atom. The molecule has 64 heavy (non-hydrogen) atoms. The van der Waals surface area contributed by atoms with Crippen LogP contribution in [0.25, 0.3) is 33.8 Å². The number of anilines is 2. The molecule has 6 aromatic heterocycles. The Morgan fingerprint density at radius 2 is 0.938 bits per heavy atom. The van der Waals surface area contributed by atoms with Gasteiger partial charge in [0, 0.05) is 39.3 Å². The average molecular weight is 875 g/mol. The highest BCUT2D eigenvalue weighted by Gasteiger charge is 2.33. The van der Waals surface area contributed by atoms with Crippen LogP contribution in [0.4, 0.5) is 29.2 Å². The Morgan fingerprint density at radius 3 is 1.33 bits per heavy atom. The maximum absolute atomic E-state index is 14.3. The number of carbonyl (C=O) groups is 4. The molecule has 2 atom stereocenters. The van der Waals surface area contributed by atoms with Crippen molar-refractivity contribution in [2.45, 2.75) is 38.0 Å².